The Morgan fingerprint density at radius 2 is 2.00 bits per heavy atom. The average molecular weight is 184 g/mol. The van der Waals surface area contributed by atoms with Gasteiger partial charge in [-0.3, -0.25) is 0 Å². The van der Waals surface area contributed by atoms with Crippen molar-refractivity contribution in [3.63, 3.8) is 0 Å². The Bertz CT molecular complexity index is 233. The summed E-state index contributed by atoms with van der Waals surface area (Å²) in [7, 11) is 1.00. The molecule has 0 atom stereocenters. The minimum Gasteiger partial charge on any atom is -0.400 e. The number of nitrogens with zero attached hydrogens (tertiary/aromatic N) is 1. The van der Waals surface area contributed by atoms with E-state index in [9.17, 15) is 13.2 Å². The summed E-state index contributed by atoms with van der Waals surface area (Å²) < 4.78 is 38.7. The second-order valence-corrected chi connectivity index (χ2v) is 1.61. The van der Waals surface area contributed by atoms with Gasteiger partial charge in [-0.05, 0) is 0 Å². The zero-order valence-electron chi connectivity index (χ0n) is 6.09. The van der Waals surface area contributed by atoms with E-state index in [1.807, 2.05) is 0 Å². The molecule has 0 saturated heterocycles. The van der Waals surface area contributed by atoms with Gasteiger partial charge >= 0.3 is 6.18 Å². The summed E-state index contributed by atoms with van der Waals surface area (Å²) in [6.07, 6.45) is -4.50. The molecular weight excluding hydrogens is 177 g/mol. The first-order valence-corrected chi connectivity index (χ1v) is 2.74. The third kappa shape index (κ3) is 2.79. The Morgan fingerprint density at radius 3 is 2.17 bits per heavy atom. The van der Waals surface area contributed by atoms with E-state index >= 15 is 0 Å². The molecule has 0 aliphatic rings. The van der Waals surface area contributed by atoms with Crippen LogP contribution in [0.15, 0.2) is 10.6 Å². The minimum absolute atomic E-state index is 0.271. The summed E-state index contributed by atoms with van der Waals surface area (Å²) in [4.78, 5) is 0. The third-order valence-electron chi connectivity index (χ3n) is 0.808. The van der Waals surface area contributed by atoms with Gasteiger partial charge in [-0.15, -0.1) is 0 Å². The number of hydrogen-bond acceptors (Lipinski definition) is 4. The molecule has 0 bridgehead atoms. The van der Waals surface area contributed by atoms with Crippen LogP contribution >= 0.6 is 0 Å². The van der Waals surface area contributed by atoms with E-state index < -0.39 is 11.9 Å². The highest BCUT2D eigenvalue weighted by Crippen LogP contribution is 2.29. The van der Waals surface area contributed by atoms with Crippen molar-refractivity contribution < 1.29 is 22.8 Å². The lowest BCUT2D eigenvalue weighted by atomic mass is 10.4. The molecule has 4 nitrogen and oxygen atoms in total. The molecule has 0 saturated carbocycles. The molecule has 1 aromatic rings. The van der Waals surface area contributed by atoms with Gasteiger partial charge in [0.05, 0.1) is 0 Å². The van der Waals surface area contributed by atoms with Crippen molar-refractivity contribution in [2.24, 2.45) is 0 Å². The molecular formula is C5H7F3N2O2. The molecule has 1 heterocycles. The van der Waals surface area contributed by atoms with Crippen molar-refractivity contribution >= 4 is 5.82 Å². The van der Waals surface area contributed by atoms with Gasteiger partial charge in [0.15, 0.2) is 5.82 Å². The van der Waals surface area contributed by atoms with Gasteiger partial charge in [-0.1, -0.05) is 5.16 Å². The zero-order chi connectivity index (χ0) is 9.78. The van der Waals surface area contributed by atoms with Crippen LogP contribution < -0.4 is 5.73 Å². The maximum atomic E-state index is 11.6. The van der Waals surface area contributed by atoms with Gasteiger partial charge in [0.2, 0.25) is 5.76 Å². The monoisotopic (exact) mass is 184 g/mol. The molecule has 0 radical (unpaired) electrons. The van der Waals surface area contributed by atoms with E-state index in [4.69, 9.17) is 10.8 Å². The van der Waals surface area contributed by atoms with E-state index in [1.54, 1.807) is 0 Å². The van der Waals surface area contributed by atoms with Crippen LogP contribution in [0.4, 0.5) is 19.0 Å². The number of aliphatic hydroxyl groups is 1. The molecule has 1 rings (SSSR count). The summed E-state index contributed by atoms with van der Waals surface area (Å²) in [6.45, 7) is 0. The maximum Gasteiger partial charge on any atom is 0.452 e. The quantitative estimate of drug-likeness (QED) is 0.627. The predicted octanol–water partition coefficient (Wildman–Crippen LogP) is 0.884. The first-order chi connectivity index (χ1) is 5.50. The minimum atomic E-state index is -4.50. The molecule has 3 N–H and O–H groups in total. The van der Waals surface area contributed by atoms with Crippen molar-refractivity contribution in [2.75, 3.05) is 12.8 Å². The fourth-order valence-corrected chi connectivity index (χ4v) is 0.422. The number of rotatable bonds is 0. The van der Waals surface area contributed by atoms with E-state index in [-0.39, 0.29) is 5.82 Å². The third-order valence-corrected chi connectivity index (χ3v) is 0.808. The highest BCUT2D eigenvalue weighted by molar-refractivity contribution is 5.27. The lowest BCUT2D eigenvalue weighted by Gasteiger charge is -1.96. The molecule has 0 amide bonds. The Balaban J connectivity index is 0.000000561. The standard InChI is InChI=1S/C4H3F3N2O.CH4O/c5-4(6,7)2-1-3(8)9-10-2;1-2/h1H,(H2,8,9);2H,1H3. The smallest absolute Gasteiger partial charge is 0.400 e. The Morgan fingerprint density at radius 1 is 1.50 bits per heavy atom. The lowest BCUT2D eigenvalue weighted by molar-refractivity contribution is -0.155. The highest BCUT2D eigenvalue weighted by Gasteiger charge is 2.35. The lowest BCUT2D eigenvalue weighted by Crippen LogP contribution is -2.02. The van der Waals surface area contributed by atoms with Crippen molar-refractivity contribution in [2.45, 2.75) is 6.18 Å². The number of anilines is 1. The van der Waals surface area contributed by atoms with Gasteiger partial charge in [-0.2, -0.15) is 13.2 Å². The van der Waals surface area contributed by atoms with E-state index in [2.05, 4.69) is 9.68 Å². The number of nitrogen functional groups attached to an aromatic ring is 1. The van der Waals surface area contributed by atoms with Gasteiger partial charge in [0.1, 0.15) is 0 Å². The predicted molar refractivity (Wildman–Crippen MR) is 34.1 cm³/mol. The first kappa shape index (κ1) is 10.8. The Hall–Kier alpha value is -1.24. The molecule has 0 aromatic carbocycles. The molecule has 0 aliphatic heterocycles. The number of aromatic nitrogens is 1. The second kappa shape index (κ2) is 3.96. The molecule has 1 aromatic heterocycles. The van der Waals surface area contributed by atoms with Crippen LogP contribution in [0.5, 0.6) is 0 Å². The second-order valence-electron chi connectivity index (χ2n) is 1.61. The maximum absolute atomic E-state index is 11.6. The zero-order valence-corrected chi connectivity index (χ0v) is 6.09. The van der Waals surface area contributed by atoms with Crippen LogP contribution in [-0.4, -0.2) is 17.4 Å². The summed E-state index contributed by atoms with van der Waals surface area (Å²) in [6, 6.07) is 0.625. The fourth-order valence-electron chi connectivity index (χ4n) is 0.422. The van der Waals surface area contributed by atoms with E-state index in [0.29, 0.717) is 6.07 Å². The van der Waals surface area contributed by atoms with E-state index in [1.165, 1.54) is 0 Å². The van der Waals surface area contributed by atoms with E-state index in [0.717, 1.165) is 7.11 Å². The first-order valence-electron chi connectivity index (χ1n) is 2.74. The van der Waals surface area contributed by atoms with Crippen molar-refractivity contribution in [3.05, 3.63) is 11.8 Å². The number of hydrogen-bond donors (Lipinski definition) is 2. The summed E-state index contributed by atoms with van der Waals surface area (Å²) in [5.41, 5.74) is 4.87. The number of halogens is 3. The largest absolute Gasteiger partial charge is 0.452 e. The SMILES string of the molecule is CO.Nc1cc(C(F)(F)F)on1. The van der Waals surface area contributed by atoms with Crippen LogP contribution in [0.1, 0.15) is 5.76 Å². The number of aliphatic hydroxyl groups excluding tert-OH is 1. The highest BCUT2D eigenvalue weighted by atomic mass is 19.4. The number of nitrogens with two attached hydrogens (primary N) is 1. The van der Waals surface area contributed by atoms with Crippen LogP contribution in [0, 0.1) is 0 Å². The van der Waals surface area contributed by atoms with Crippen molar-refractivity contribution in [1.29, 1.82) is 0 Å². The molecule has 7 heteroatoms. The van der Waals surface area contributed by atoms with Crippen LogP contribution in [0.2, 0.25) is 0 Å². The molecule has 12 heavy (non-hydrogen) atoms. The molecule has 0 fully saturated rings. The molecule has 0 unspecified atom stereocenters. The van der Waals surface area contributed by atoms with Gasteiger partial charge in [0.25, 0.3) is 0 Å². The topological polar surface area (TPSA) is 72.3 Å². The summed E-state index contributed by atoms with van der Waals surface area (Å²) in [5, 5.41) is 9.87. The Kier molecular flexibility index (Phi) is 3.55. The molecule has 70 valence electrons. The van der Waals surface area contributed by atoms with Gasteiger partial charge in [-0.25, -0.2) is 0 Å². The summed E-state index contributed by atoms with van der Waals surface area (Å²) in [5.74, 6) is -1.45. The summed E-state index contributed by atoms with van der Waals surface area (Å²) >= 11 is 0. The Labute approximate surface area is 65.8 Å². The van der Waals surface area contributed by atoms with Crippen LogP contribution in [0.3, 0.4) is 0 Å². The number of alkyl halides is 3. The van der Waals surface area contributed by atoms with Crippen LogP contribution in [-0.2, 0) is 6.18 Å². The van der Waals surface area contributed by atoms with Gasteiger partial charge in [0, 0.05) is 13.2 Å². The van der Waals surface area contributed by atoms with Crippen molar-refractivity contribution in [3.8, 4) is 0 Å². The van der Waals surface area contributed by atoms with Crippen molar-refractivity contribution in [1.82, 2.24) is 5.16 Å². The normalized spacial score (nSPS) is 10.4. The van der Waals surface area contributed by atoms with Crippen LogP contribution in [0.25, 0.3) is 0 Å². The average Bonchev–Trinajstić information content (AvgIpc) is 2.39. The fraction of sp³-hybridized carbons (Fsp3) is 0.400. The van der Waals surface area contributed by atoms with Gasteiger partial charge < -0.3 is 15.4 Å². The molecule has 0 aliphatic carbocycles. The molecule has 0 spiro atoms.